The molecule has 1 saturated heterocycles. The number of rotatable bonds is 9. The van der Waals surface area contributed by atoms with Crippen molar-refractivity contribution >= 4 is 29.4 Å². The highest BCUT2D eigenvalue weighted by Crippen LogP contribution is 2.28. The van der Waals surface area contributed by atoms with Crippen LogP contribution in [0, 0.1) is 0 Å². The van der Waals surface area contributed by atoms with Crippen molar-refractivity contribution in [3.05, 3.63) is 101 Å². The number of ether oxygens (including phenoxy) is 1. The van der Waals surface area contributed by atoms with E-state index in [-0.39, 0.29) is 29.5 Å². The van der Waals surface area contributed by atoms with Gasteiger partial charge in [0.15, 0.2) is 0 Å². The lowest BCUT2D eigenvalue weighted by molar-refractivity contribution is -0.120. The molecular weight excluding hydrogens is 545 g/mol. The maximum atomic E-state index is 14.0. The molecule has 1 N–H and O–H groups in total. The number of nitrogens with zero attached hydrogens (tertiary/aromatic N) is 4. The fourth-order valence-corrected chi connectivity index (χ4v) is 5.23. The van der Waals surface area contributed by atoms with Crippen molar-refractivity contribution < 1.29 is 18.7 Å². The fraction of sp³-hybridized carbons (Fsp3) is 0.258. The third-order valence-corrected chi connectivity index (χ3v) is 7.59. The molecule has 212 valence electrons. The van der Waals surface area contributed by atoms with Gasteiger partial charge in [-0.15, -0.1) is 0 Å². The second-order valence-electron chi connectivity index (χ2n) is 10.1. The number of halogens is 2. The Balaban J connectivity index is 1.20. The van der Waals surface area contributed by atoms with Crippen LogP contribution in [0.3, 0.4) is 0 Å². The van der Waals surface area contributed by atoms with Gasteiger partial charge >= 0.3 is 6.03 Å². The number of hydrogen-bond acceptors (Lipinski definition) is 5. The van der Waals surface area contributed by atoms with E-state index in [2.05, 4.69) is 46.6 Å². The van der Waals surface area contributed by atoms with E-state index in [0.29, 0.717) is 18.1 Å². The van der Waals surface area contributed by atoms with Crippen LogP contribution in [0.4, 0.5) is 15.0 Å². The van der Waals surface area contributed by atoms with Crippen molar-refractivity contribution in [2.45, 2.75) is 25.9 Å². The molecule has 2 aromatic carbocycles. The number of aromatic nitrogens is 2. The zero-order valence-electron chi connectivity index (χ0n) is 22.8. The number of imide groups is 1. The summed E-state index contributed by atoms with van der Waals surface area (Å²) in [7, 11) is 1.86. The van der Waals surface area contributed by atoms with Gasteiger partial charge < -0.3 is 9.30 Å². The molecule has 5 rings (SSSR count). The van der Waals surface area contributed by atoms with Gasteiger partial charge in [-0.1, -0.05) is 55.1 Å². The molecule has 0 spiro atoms. The lowest BCUT2D eigenvalue weighted by Gasteiger charge is -2.29. The van der Waals surface area contributed by atoms with Gasteiger partial charge in [-0.25, -0.2) is 14.2 Å². The summed E-state index contributed by atoms with van der Waals surface area (Å²) in [4.78, 5) is 32.2. The van der Waals surface area contributed by atoms with E-state index in [4.69, 9.17) is 16.3 Å². The molecule has 2 aliphatic heterocycles. The van der Waals surface area contributed by atoms with Crippen LogP contribution in [0.25, 0.3) is 11.4 Å². The summed E-state index contributed by atoms with van der Waals surface area (Å²) in [6.07, 6.45) is 3.89. The lowest BCUT2D eigenvalue weighted by atomic mass is 9.99. The van der Waals surface area contributed by atoms with Gasteiger partial charge in [-0.05, 0) is 41.3 Å². The SMILES string of the molecule is C=C/C(F)=C(/COc1ccc2c(c1)CCN(Cc1ccc(-c3ncc(N4CCC(=O)NC4=O)n3C)cc1)C2)C(=C)Cl. The van der Waals surface area contributed by atoms with Gasteiger partial charge in [0, 0.05) is 55.8 Å². The summed E-state index contributed by atoms with van der Waals surface area (Å²) >= 11 is 5.91. The zero-order valence-corrected chi connectivity index (χ0v) is 23.6. The summed E-state index contributed by atoms with van der Waals surface area (Å²) in [5, 5.41) is 2.45. The summed E-state index contributed by atoms with van der Waals surface area (Å²) in [6.45, 7) is 9.87. The Morgan fingerprint density at radius 1 is 1.15 bits per heavy atom. The highest BCUT2D eigenvalue weighted by atomic mass is 35.5. The molecule has 41 heavy (non-hydrogen) atoms. The number of urea groups is 1. The summed E-state index contributed by atoms with van der Waals surface area (Å²) < 4.78 is 21.6. The van der Waals surface area contributed by atoms with E-state index in [9.17, 15) is 14.0 Å². The average Bonchev–Trinajstić information content (AvgIpc) is 3.34. The van der Waals surface area contributed by atoms with Crippen LogP contribution in [-0.4, -0.2) is 46.1 Å². The van der Waals surface area contributed by atoms with Gasteiger partial charge in [-0.3, -0.25) is 19.9 Å². The van der Waals surface area contributed by atoms with Gasteiger partial charge in [0.25, 0.3) is 0 Å². The number of allylic oxidation sites excluding steroid dienone is 2. The first kappa shape index (κ1) is 28.3. The van der Waals surface area contributed by atoms with E-state index in [1.807, 2.05) is 35.9 Å². The molecule has 0 saturated carbocycles. The number of anilines is 1. The Morgan fingerprint density at radius 3 is 2.63 bits per heavy atom. The molecule has 8 nitrogen and oxygen atoms in total. The predicted molar refractivity (Wildman–Crippen MR) is 157 cm³/mol. The molecule has 0 radical (unpaired) electrons. The van der Waals surface area contributed by atoms with Gasteiger partial charge in [0.1, 0.15) is 29.8 Å². The number of carbonyl (C=O) groups is 2. The lowest BCUT2D eigenvalue weighted by Crippen LogP contribution is -2.50. The standard InChI is InChI=1S/C31H31ClFN5O3/c1-4-27(33)26(20(2)32)19-41-25-10-9-24-18-37(13-11-23(24)15-25)17-21-5-7-22(8-6-21)30-34-16-29(36(30)3)38-14-12-28(39)35-31(38)40/h4-10,15-16H,1-2,11-14,17-19H2,3H3,(H,35,39,40)/b27-26+. The molecule has 0 unspecified atom stereocenters. The molecular formula is C31H31ClFN5O3. The molecule has 1 fully saturated rings. The van der Waals surface area contributed by atoms with Crippen LogP contribution in [0.1, 0.15) is 23.1 Å². The number of carbonyl (C=O) groups excluding carboxylic acids is 2. The first-order valence-electron chi connectivity index (χ1n) is 13.3. The van der Waals surface area contributed by atoms with Gasteiger partial charge in [-0.2, -0.15) is 0 Å². The second-order valence-corrected chi connectivity index (χ2v) is 10.5. The Bertz CT molecular complexity index is 1550. The highest BCUT2D eigenvalue weighted by molar-refractivity contribution is 6.31. The third kappa shape index (κ3) is 6.26. The summed E-state index contributed by atoms with van der Waals surface area (Å²) in [5.74, 6) is 1.23. The molecule has 2 aliphatic rings. The van der Waals surface area contributed by atoms with Crippen molar-refractivity contribution in [2.75, 3.05) is 24.6 Å². The van der Waals surface area contributed by atoms with Crippen LogP contribution >= 0.6 is 11.6 Å². The molecule has 1 aromatic heterocycles. The Kier molecular flexibility index (Phi) is 8.37. The predicted octanol–water partition coefficient (Wildman–Crippen LogP) is 5.63. The molecule has 0 atom stereocenters. The molecule has 3 amide bonds. The van der Waals surface area contributed by atoms with Crippen LogP contribution in [0.15, 0.2) is 84.3 Å². The van der Waals surface area contributed by atoms with Crippen molar-refractivity contribution in [1.29, 1.82) is 0 Å². The number of hydrogen-bond donors (Lipinski definition) is 1. The van der Waals surface area contributed by atoms with Gasteiger partial charge in [0.05, 0.1) is 6.20 Å². The van der Waals surface area contributed by atoms with Crippen molar-refractivity contribution in [3.63, 3.8) is 0 Å². The van der Waals surface area contributed by atoms with E-state index < -0.39 is 11.9 Å². The smallest absolute Gasteiger partial charge is 0.329 e. The summed E-state index contributed by atoms with van der Waals surface area (Å²) in [5.41, 5.74) is 4.76. The number of imidazole rings is 1. The van der Waals surface area contributed by atoms with E-state index in [1.54, 1.807) is 6.20 Å². The Morgan fingerprint density at radius 2 is 1.93 bits per heavy atom. The number of nitrogens with one attached hydrogen (secondary N) is 1. The third-order valence-electron chi connectivity index (χ3n) is 7.36. The minimum atomic E-state index is -0.540. The minimum absolute atomic E-state index is 0.0186. The Labute approximate surface area is 243 Å². The van der Waals surface area contributed by atoms with Crippen molar-refractivity contribution in [1.82, 2.24) is 19.8 Å². The monoisotopic (exact) mass is 575 g/mol. The zero-order chi connectivity index (χ0) is 29.1. The maximum absolute atomic E-state index is 14.0. The highest BCUT2D eigenvalue weighted by Gasteiger charge is 2.27. The van der Waals surface area contributed by atoms with Crippen LogP contribution in [0.5, 0.6) is 5.75 Å². The molecule has 0 aliphatic carbocycles. The average molecular weight is 576 g/mol. The first-order chi connectivity index (χ1) is 19.7. The first-order valence-corrected chi connectivity index (χ1v) is 13.7. The molecule has 3 heterocycles. The topological polar surface area (TPSA) is 79.7 Å². The molecule has 0 bridgehead atoms. The second kappa shape index (κ2) is 12.1. The van der Waals surface area contributed by atoms with Crippen molar-refractivity contribution in [3.8, 4) is 17.1 Å². The van der Waals surface area contributed by atoms with E-state index >= 15 is 0 Å². The van der Waals surface area contributed by atoms with Crippen LogP contribution < -0.4 is 15.0 Å². The number of fused-ring (bicyclic) bond motifs is 1. The van der Waals surface area contributed by atoms with Crippen LogP contribution in [-0.2, 0) is 31.4 Å². The quantitative estimate of drug-likeness (QED) is 0.334. The largest absolute Gasteiger partial charge is 0.489 e. The van der Waals surface area contributed by atoms with Crippen molar-refractivity contribution in [2.24, 2.45) is 7.05 Å². The molecule has 10 heteroatoms. The summed E-state index contributed by atoms with van der Waals surface area (Å²) in [6, 6.07) is 13.8. The number of amides is 3. The minimum Gasteiger partial charge on any atom is -0.489 e. The normalized spacial score (nSPS) is 16.1. The maximum Gasteiger partial charge on any atom is 0.329 e. The van der Waals surface area contributed by atoms with E-state index in [0.717, 1.165) is 43.5 Å². The Hall–Kier alpha value is -4.21. The fourth-order valence-electron chi connectivity index (χ4n) is 5.09. The molecule has 3 aromatic rings. The van der Waals surface area contributed by atoms with Crippen LogP contribution in [0.2, 0.25) is 0 Å². The van der Waals surface area contributed by atoms with E-state index in [1.165, 1.54) is 21.6 Å². The van der Waals surface area contributed by atoms with Gasteiger partial charge in [0.2, 0.25) is 5.91 Å². The number of benzene rings is 2.